The number of nitrogens with zero attached hydrogens (tertiary/aromatic N) is 3. The highest BCUT2D eigenvalue weighted by Gasteiger charge is 2.20. The normalized spacial score (nSPS) is 30.6. The second kappa shape index (κ2) is 2.30. The molecule has 0 saturated heterocycles. The van der Waals surface area contributed by atoms with E-state index in [1.165, 1.54) is 0 Å². The molecule has 0 saturated carbocycles. The predicted octanol–water partition coefficient (Wildman–Crippen LogP) is -0.532. The van der Waals surface area contributed by atoms with Gasteiger partial charge in [0.05, 0.1) is 0 Å². The zero-order valence-electron chi connectivity index (χ0n) is 5.44. The van der Waals surface area contributed by atoms with Crippen LogP contribution in [-0.4, -0.2) is 37.5 Å². The third kappa shape index (κ3) is 0.863. The van der Waals surface area contributed by atoms with E-state index in [1.54, 1.807) is 12.4 Å². The molecule has 0 aromatic heterocycles. The molecule has 2 aliphatic heterocycles. The Balaban J connectivity index is 2.05. The highest BCUT2D eigenvalue weighted by atomic mass is 15.2. The second-order valence-electron chi connectivity index (χ2n) is 2.19. The maximum absolute atomic E-state index is 4.15. The van der Waals surface area contributed by atoms with Crippen molar-refractivity contribution in [3.63, 3.8) is 0 Å². The van der Waals surface area contributed by atoms with Crippen molar-refractivity contribution in [1.82, 2.24) is 5.32 Å². The first-order chi connectivity index (χ1) is 4.97. The molecule has 52 valence electrons. The van der Waals surface area contributed by atoms with Gasteiger partial charge in [-0.25, -0.2) is 0 Å². The molecule has 1 unspecified atom stereocenters. The monoisotopic (exact) mass is 136 g/mol. The molecule has 4 nitrogen and oxygen atoms in total. The molecule has 0 aromatic rings. The van der Waals surface area contributed by atoms with Gasteiger partial charge in [0.25, 0.3) is 0 Å². The van der Waals surface area contributed by atoms with Crippen LogP contribution in [0.3, 0.4) is 0 Å². The Morgan fingerprint density at radius 3 is 2.60 bits per heavy atom. The number of aliphatic imine (C=N–C) groups is 3. The van der Waals surface area contributed by atoms with Gasteiger partial charge in [-0.2, -0.15) is 0 Å². The molecule has 0 aliphatic carbocycles. The zero-order chi connectivity index (χ0) is 6.81. The van der Waals surface area contributed by atoms with Crippen LogP contribution >= 0.6 is 0 Å². The van der Waals surface area contributed by atoms with E-state index in [1.807, 2.05) is 6.21 Å². The Bertz CT molecular complexity index is 194. The van der Waals surface area contributed by atoms with E-state index in [4.69, 9.17) is 0 Å². The molecular weight excluding hydrogens is 128 g/mol. The molecule has 2 aliphatic rings. The van der Waals surface area contributed by atoms with E-state index in [9.17, 15) is 0 Å². The van der Waals surface area contributed by atoms with Crippen LogP contribution in [0.25, 0.3) is 0 Å². The summed E-state index contributed by atoms with van der Waals surface area (Å²) in [6.45, 7) is 0.839. The summed E-state index contributed by atoms with van der Waals surface area (Å²) in [5.74, 6) is 0. The number of hydrogen-bond acceptors (Lipinski definition) is 4. The average Bonchev–Trinajstić information content (AvgIpc) is 2.59. The minimum absolute atomic E-state index is 0.0150. The van der Waals surface area contributed by atoms with Crippen LogP contribution in [0.15, 0.2) is 15.0 Å². The lowest BCUT2D eigenvalue weighted by Crippen LogP contribution is -2.31. The van der Waals surface area contributed by atoms with Crippen LogP contribution in [0.5, 0.6) is 0 Å². The number of nitrogens with one attached hydrogen (secondary N) is 1. The third-order valence-electron chi connectivity index (χ3n) is 1.51. The van der Waals surface area contributed by atoms with E-state index in [0.29, 0.717) is 0 Å². The largest absolute Gasteiger partial charge is 0.287 e. The van der Waals surface area contributed by atoms with Crippen molar-refractivity contribution in [3.8, 4) is 0 Å². The molecule has 2 rings (SSSR count). The quantitative estimate of drug-likeness (QED) is 0.517. The van der Waals surface area contributed by atoms with Gasteiger partial charge in [0, 0.05) is 25.2 Å². The maximum atomic E-state index is 4.15. The van der Waals surface area contributed by atoms with Crippen molar-refractivity contribution in [3.05, 3.63) is 0 Å². The summed E-state index contributed by atoms with van der Waals surface area (Å²) < 4.78 is 0. The van der Waals surface area contributed by atoms with E-state index in [2.05, 4.69) is 20.3 Å². The average molecular weight is 136 g/mol. The van der Waals surface area contributed by atoms with Gasteiger partial charge in [0.1, 0.15) is 6.17 Å². The standard InChI is InChI=1S/C6H8N4/c1-2-8-5(7-1)6-9-3-4-10-6/h1-3,5-6,10H,4H2. The number of rotatable bonds is 1. The SMILES string of the molecule is C1=NC(C2N=CCN2)N=C1. The van der Waals surface area contributed by atoms with Gasteiger partial charge in [0.15, 0.2) is 6.17 Å². The first kappa shape index (κ1) is 5.73. The first-order valence-corrected chi connectivity index (χ1v) is 3.27. The van der Waals surface area contributed by atoms with Crippen molar-refractivity contribution >= 4 is 18.6 Å². The Morgan fingerprint density at radius 1 is 1.20 bits per heavy atom. The van der Waals surface area contributed by atoms with Crippen molar-refractivity contribution in [2.24, 2.45) is 15.0 Å². The van der Waals surface area contributed by atoms with E-state index in [-0.39, 0.29) is 12.3 Å². The fourth-order valence-electron chi connectivity index (χ4n) is 1.03. The first-order valence-electron chi connectivity index (χ1n) is 3.27. The minimum atomic E-state index is -0.0150. The predicted molar refractivity (Wildman–Crippen MR) is 41.1 cm³/mol. The molecule has 1 N–H and O–H groups in total. The van der Waals surface area contributed by atoms with Crippen LogP contribution in [0, 0.1) is 0 Å². The summed E-state index contributed by atoms with van der Waals surface area (Å²) in [4.78, 5) is 12.3. The lowest BCUT2D eigenvalue weighted by molar-refractivity contribution is 0.508. The molecule has 4 heteroatoms. The van der Waals surface area contributed by atoms with E-state index in [0.717, 1.165) is 6.54 Å². The molecule has 0 aromatic carbocycles. The lowest BCUT2D eigenvalue weighted by Gasteiger charge is -2.09. The molecule has 0 fully saturated rings. The molecular formula is C6H8N4. The second-order valence-corrected chi connectivity index (χ2v) is 2.19. The van der Waals surface area contributed by atoms with Gasteiger partial charge in [0.2, 0.25) is 0 Å². The van der Waals surface area contributed by atoms with Crippen LogP contribution in [-0.2, 0) is 0 Å². The van der Waals surface area contributed by atoms with Gasteiger partial charge in [-0.3, -0.25) is 20.3 Å². The highest BCUT2D eigenvalue weighted by molar-refractivity contribution is 6.17. The van der Waals surface area contributed by atoms with Crippen LogP contribution in [0.1, 0.15) is 0 Å². The van der Waals surface area contributed by atoms with Crippen molar-refractivity contribution < 1.29 is 0 Å². The van der Waals surface area contributed by atoms with Gasteiger partial charge in [-0.05, 0) is 0 Å². The van der Waals surface area contributed by atoms with E-state index >= 15 is 0 Å². The highest BCUT2D eigenvalue weighted by Crippen LogP contribution is 2.06. The summed E-state index contributed by atoms with van der Waals surface area (Å²) in [6.07, 6.45) is 5.34. The summed E-state index contributed by atoms with van der Waals surface area (Å²) in [6, 6.07) is 0. The Kier molecular flexibility index (Phi) is 1.32. The zero-order valence-corrected chi connectivity index (χ0v) is 5.44. The van der Waals surface area contributed by atoms with Crippen molar-refractivity contribution in [2.45, 2.75) is 12.3 Å². The molecule has 1 atom stereocenters. The van der Waals surface area contributed by atoms with Crippen LogP contribution in [0.2, 0.25) is 0 Å². The molecule has 0 radical (unpaired) electrons. The molecule has 0 spiro atoms. The number of hydrogen-bond donors (Lipinski definition) is 1. The van der Waals surface area contributed by atoms with Crippen LogP contribution in [0.4, 0.5) is 0 Å². The van der Waals surface area contributed by atoms with Crippen molar-refractivity contribution in [1.29, 1.82) is 0 Å². The Morgan fingerprint density at radius 2 is 2.00 bits per heavy atom. The van der Waals surface area contributed by atoms with Gasteiger partial charge in [-0.1, -0.05) is 0 Å². The third-order valence-corrected chi connectivity index (χ3v) is 1.51. The molecule has 0 bridgehead atoms. The minimum Gasteiger partial charge on any atom is -0.287 e. The maximum Gasteiger partial charge on any atom is 0.174 e. The molecule has 2 heterocycles. The van der Waals surface area contributed by atoms with E-state index < -0.39 is 0 Å². The van der Waals surface area contributed by atoms with Crippen LogP contribution < -0.4 is 5.32 Å². The van der Waals surface area contributed by atoms with Gasteiger partial charge < -0.3 is 0 Å². The summed E-state index contributed by atoms with van der Waals surface area (Å²) in [5, 5.41) is 3.15. The summed E-state index contributed by atoms with van der Waals surface area (Å²) >= 11 is 0. The van der Waals surface area contributed by atoms with Gasteiger partial charge >= 0.3 is 0 Å². The summed E-state index contributed by atoms with van der Waals surface area (Å²) in [5.41, 5.74) is 0. The topological polar surface area (TPSA) is 49.1 Å². The summed E-state index contributed by atoms with van der Waals surface area (Å²) in [7, 11) is 0. The fourth-order valence-corrected chi connectivity index (χ4v) is 1.03. The Labute approximate surface area is 58.8 Å². The molecule has 10 heavy (non-hydrogen) atoms. The van der Waals surface area contributed by atoms with Crippen molar-refractivity contribution in [2.75, 3.05) is 6.54 Å². The Hall–Kier alpha value is -1.03. The fraction of sp³-hybridized carbons (Fsp3) is 0.500. The lowest BCUT2D eigenvalue weighted by atomic mass is 10.4. The molecule has 0 amide bonds. The smallest absolute Gasteiger partial charge is 0.174 e. The van der Waals surface area contributed by atoms with Gasteiger partial charge in [-0.15, -0.1) is 0 Å².